The summed E-state index contributed by atoms with van der Waals surface area (Å²) in [4.78, 5) is 25.1. The number of halogens is 3. The van der Waals surface area contributed by atoms with Gasteiger partial charge in [-0.1, -0.05) is 12.1 Å². The van der Waals surface area contributed by atoms with Crippen molar-refractivity contribution in [2.75, 3.05) is 6.54 Å². The van der Waals surface area contributed by atoms with E-state index in [9.17, 15) is 22.8 Å². The number of aryl methyl sites for hydroxylation is 1. The van der Waals surface area contributed by atoms with Gasteiger partial charge in [0.1, 0.15) is 5.76 Å². The lowest BCUT2D eigenvalue weighted by Gasteiger charge is -2.15. The Labute approximate surface area is 145 Å². The smallest absolute Gasteiger partial charge is 0.349 e. The van der Waals surface area contributed by atoms with Crippen LogP contribution >= 0.6 is 11.8 Å². The van der Waals surface area contributed by atoms with E-state index in [0.29, 0.717) is 6.08 Å². The number of thioether (sulfide) groups is 1. The SMILES string of the molecule is Cc1occc1SC(F)(F)/C(F)=C/CN1C(=O)c2ccccc2C1=O. The molecule has 0 saturated heterocycles. The number of carbonyl (C=O) groups is 2. The van der Waals surface area contributed by atoms with Crippen LogP contribution in [0.2, 0.25) is 0 Å². The quantitative estimate of drug-likeness (QED) is 0.580. The molecule has 0 spiro atoms. The van der Waals surface area contributed by atoms with E-state index >= 15 is 0 Å². The van der Waals surface area contributed by atoms with E-state index in [1.165, 1.54) is 31.4 Å². The molecule has 2 aromatic rings. The molecular formula is C17H12F3NO3S. The van der Waals surface area contributed by atoms with Crippen molar-refractivity contribution < 1.29 is 27.2 Å². The minimum atomic E-state index is -3.84. The van der Waals surface area contributed by atoms with Gasteiger partial charge in [-0.2, -0.15) is 8.78 Å². The Hall–Kier alpha value is -2.48. The summed E-state index contributed by atoms with van der Waals surface area (Å²) in [5.41, 5.74) is 0.355. The van der Waals surface area contributed by atoms with Crippen LogP contribution in [0.5, 0.6) is 0 Å². The molecule has 0 N–H and O–H groups in total. The first-order valence-electron chi connectivity index (χ1n) is 7.23. The topological polar surface area (TPSA) is 50.5 Å². The van der Waals surface area contributed by atoms with E-state index < -0.39 is 29.4 Å². The zero-order valence-corrected chi connectivity index (χ0v) is 13.8. The monoisotopic (exact) mass is 367 g/mol. The lowest BCUT2D eigenvalue weighted by molar-refractivity contribution is 0.0667. The van der Waals surface area contributed by atoms with Crippen molar-refractivity contribution in [3.05, 3.63) is 65.4 Å². The molecule has 0 saturated carbocycles. The molecule has 25 heavy (non-hydrogen) atoms. The molecule has 0 unspecified atom stereocenters. The van der Waals surface area contributed by atoms with Crippen LogP contribution in [0.3, 0.4) is 0 Å². The van der Waals surface area contributed by atoms with Crippen LogP contribution in [0, 0.1) is 6.92 Å². The number of fused-ring (bicyclic) bond motifs is 1. The molecule has 2 heterocycles. The van der Waals surface area contributed by atoms with Crippen LogP contribution in [0.1, 0.15) is 26.5 Å². The molecule has 0 bridgehead atoms. The zero-order valence-electron chi connectivity index (χ0n) is 13.0. The van der Waals surface area contributed by atoms with Gasteiger partial charge in [-0.25, -0.2) is 4.39 Å². The van der Waals surface area contributed by atoms with Crippen LogP contribution in [-0.4, -0.2) is 28.5 Å². The number of benzene rings is 1. The number of alkyl halides is 2. The average molecular weight is 367 g/mol. The molecule has 0 atom stereocenters. The highest BCUT2D eigenvalue weighted by atomic mass is 32.2. The fourth-order valence-electron chi connectivity index (χ4n) is 2.36. The van der Waals surface area contributed by atoms with Crippen LogP contribution < -0.4 is 0 Å². The predicted octanol–water partition coefficient (Wildman–Crippen LogP) is 4.42. The van der Waals surface area contributed by atoms with Crippen molar-refractivity contribution >= 4 is 23.6 Å². The Morgan fingerprint density at radius 3 is 2.32 bits per heavy atom. The third kappa shape index (κ3) is 3.21. The molecule has 1 aromatic heterocycles. The normalized spacial score (nSPS) is 15.0. The minimum absolute atomic E-state index is 0.0000440. The van der Waals surface area contributed by atoms with Crippen molar-refractivity contribution in [2.24, 2.45) is 0 Å². The van der Waals surface area contributed by atoms with Gasteiger partial charge in [0.2, 0.25) is 0 Å². The summed E-state index contributed by atoms with van der Waals surface area (Å²) in [6.45, 7) is 0.914. The largest absolute Gasteiger partial charge is 0.468 e. The van der Waals surface area contributed by atoms with Crippen LogP contribution in [0.25, 0.3) is 0 Å². The summed E-state index contributed by atoms with van der Waals surface area (Å²) in [7, 11) is 0. The second-order valence-corrected chi connectivity index (χ2v) is 6.44. The molecule has 130 valence electrons. The summed E-state index contributed by atoms with van der Waals surface area (Å²) in [6, 6.07) is 7.40. The van der Waals surface area contributed by atoms with Crippen LogP contribution in [0.4, 0.5) is 13.2 Å². The standard InChI is InChI=1S/C17H12F3NO3S/c1-10-13(7-9-24-10)25-17(19,20)14(18)6-8-21-15(22)11-4-2-3-5-12(11)16(21)23/h2-7,9H,8H2,1H3/b14-6-. The average Bonchev–Trinajstić information content (AvgIpc) is 3.08. The lowest BCUT2D eigenvalue weighted by atomic mass is 10.1. The van der Waals surface area contributed by atoms with Gasteiger partial charge in [-0.05, 0) is 43.0 Å². The summed E-state index contributed by atoms with van der Waals surface area (Å²) < 4.78 is 46.8. The Bertz CT molecular complexity index is 841. The number of furan rings is 1. The molecule has 1 aliphatic rings. The molecule has 1 aliphatic heterocycles. The van der Waals surface area contributed by atoms with E-state index in [4.69, 9.17) is 4.42 Å². The fourth-order valence-corrected chi connectivity index (χ4v) is 3.13. The van der Waals surface area contributed by atoms with Crippen LogP contribution in [-0.2, 0) is 0 Å². The minimum Gasteiger partial charge on any atom is -0.468 e. The van der Waals surface area contributed by atoms with Gasteiger partial charge in [0, 0.05) is 0 Å². The van der Waals surface area contributed by atoms with Gasteiger partial charge in [0.15, 0.2) is 5.83 Å². The van der Waals surface area contributed by atoms with Crippen molar-refractivity contribution in [1.29, 1.82) is 0 Å². The number of amides is 2. The van der Waals surface area contributed by atoms with Crippen molar-refractivity contribution in [2.45, 2.75) is 17.1 Å². The van der Waals surface area contributed by atoms with Gasteiger partial charge >= 0.3 is 5.25 Å². The highest BCUT2D eigenvalue weighted by Gasteiger charge is 2.39. The Kier molecular flexibility index (Phi) is 4.47. The Morgan fingerprint density at radius 2 is 1.80 bits per heavy atom. The van der Waals surface area contributed by atoms with E-state index in [0.717, 1.165) is 4.90 Å². The summed E-state index contributed by atoms with van der Waals surface area (Å²) in [5, 5.41) is -3.84. The van der Waals surface area contributed by atoms with Gasteiger partial charge in [-0.15, -0.1) is 0 Å². The third-order valence-corrected chi connectivity index (χ3v) is 4.75. The van der Waals surface area contributed by atoms with Gasteiger partial charge in [0.25, 0.3) is 11.8 Å². The second-order valence-electron chi connectivity index (χ2n) is 5.28. The van der Waals surface area contributed by atoms with Gasteiger partial charge < -0.3 is 4.42 Å². The van der Waals surface area contributed by atoms with Crippen LogP contribution in [0.15, 0.2) is 57.8 Å². The highest BCUT2D eigenvalue weighted by molar-refractivity contribution is 8.00. The number of rotatable bonds is 5. The predicted molar refractivity (Wildman–Crippen MR) is 85.2 cm³/mol. The molecule has 0 fully saturated rings. The maximum Gasteiger partial charge on any atom is 0.349 e. The second kappa shape index (κ2) is 6.44. The first kappa shape index (κ1) is 17.3. The first-order chi connectivity index (χ1) is 11.8. The number of hydrogen-bond donors (Lipinski definition) is 0. The van der Waals surface area contributed by atoms with E-state index in [1.54, 1.807) is 12.1 Å². The molecule has 3 rings (SSSR count). The Morgan fingerprint density at radius 1 is 1.20 bits per heavy atom. The van der Waals surface area contributed by atoms with E-state index in [-0.39, 0.29) is 33.5 Å². The maximum atomic E-state index is 14.0. The van der Waals surface area contributed by atoms with Crippen molar-refractivity contribution in [1.82, 2.24) is 4.90 Å². The third-order valence-electron chi connectivity index (χ3n) is 3.66. The molecule has 4 nitrogen and oxygen atoms in total. The fraction of sp³-hybridized carbons (Fsp3) is 0.176. The molecule has 0 aliphatic carbocycles. The summed E-state index contributed by atoms with van der Waals surface area (Å²) in [6.07, 6.45) is 1.78. The summed E-state index contributed by atoms with van der Waals surface area (Å²) >= 11 is -0.0000440. The first-order valence-corrected chi connectivity index (χ1v) is 8.05. The summed E-state index contributed by atoms with van der Waals surface area (Å²) in [5.74, 6) is -2.75. The van der Waals surface area contributed by atoms with Crippen molar-refractivity contribution in [3.63, 3.8) is 0 Å². The molecule has 1 aromatic carbocycles. The number of nitrogens with zero attached hydrogens (tertiary/aromatic N) is 1. The molecule has 0 radical (unpaired) electrons. The molecular weight excluding hydrogens is 355 g/mol. The number of carbonyl (C=O) groups excluding carboxylic acids is 2. The number of hydrogen-bond acceptors (Lipinski definition) is 4. The molecule has 2 amide bonds. The highest BCUT2D eigenvalue weighted by Crippen LogP contribution is 2.43. The van der Waals surface area contributed by atoms with Gasteiger partial charge in [0.05, 0.1) is 28.8 Å². The van der Waals surface area contributed by atoms with E-state index in [1.807, 2.05) is 0 Å². The zero-order chi connectivity index (χ0) is 18.2. The Balaban J connectivity index is 1.74. The van der Waals surface area contributed by atoms with Gasteiger partial charge in [-0.3, -0.25) is 14.5 Å². The molecule has 8 heteroatoms. The van der Waals surface area contributed by atoms with Crippen molar-refractivity contribution in [3.8, 4) is 0 Å². The maximum absolute atomic E-state index is 14.0. The lowest BCUT2D eigenvalue weighted by Crippen LogP contribution is -2.30. The van der Waals surface area contributed by atoms with E-state index in [2.05, 4.69) is 0 Å². The number of imide groups is 1.